The number of hydrogen-bond donors (Lipinski definition) is 0. The number of rotatable bonds is 2. The highest BCUT2D eigenvalue weighted by molar-refractivity contribution is 5.81. The Bertz CT molecular complexity index is 1120. The smallest absolute Gasteiger partial charge is 0.267 e. The normalized spacial score (nSPS) is 11.0. The molecule has 0 bridgehead atoms. The predicted molar refractivity (Wildman–Crippen MR) is 99.6 cm³/mol. The van der Waals surface area contributed by atoms with E-state index in [4.69, 9.17) is 4.98 Å². The molecular weight excluding hydrogens is 310 g/mol. The molecule has 0 amide bonds. The zero-order valence-electron chi connectivity index (χ0n) is 14.1. The quantitative estimate of drug-likeness (QED) is 0.558. The van der Waals surface area contributed by atoms with E-state index in [1.165, 1.54) is 0 Å². The molecule has 4 rings (SSSR count). The van der Waals surface area contributed by atoms with Crippen LogP contribution in [0.4, 0.5) is 0 Å². The molecule has 0 N–H and O–H groups in total. The molecule has 0 saturated heterocycles. The van der Waals surface area contributed by atoms with Crippen molar-refractivity contribution in [3.05, 3.63) is 88.5 Å². The summed E-state index contributed by atoms with van der Waals surface area (Å²) >= 11 is 0. The Kier molecular flexibility index (Phi) is 3.65. The van der Waals surface area contributed by atoms with Crippen molar-refractivity contribution < 1.29 is 0 Å². The SMILES string of the molecule is Cc1cc(C)n2c(=O)c(-c3ccccc3)c(-c3ccccc3)nc2n1. The molecule has 4 heteroatoms. The Hall–Kier alpha value is -3.27. The second-order valence-corrected chi connectivity index (χ2v) is 6.05. The van der Waals surface area contributed by atoms with E-state index in [-0.39, 0.29) is 5.56 Å². The maximum Gasteiger partial charge on any atom is 0.267 e. The third kappa shape index (κ3) is 2.62. The van der Waals surface area contributed by atoms with E-state index in [0.717, 1.165) is 22.5 Å². The van der Waals surface area contributed by atoms with E-state index in [9.17, 15) is 4.79 Å². The van der Waals surface area contributed by atoms with Crippen molar-refractivity contribution in [2.45, 2.75) is 13.8 Å². The fourth-order valence-electron chi connectivity index (χ4n) is 3.13. The van der Waals surface area contributed by atoms with Gasteiger partial charge in [-0.15, -0.1) is 0 Å². The van der Waals surface area contributed by atoms with Crippen LogP contribution in [0.25, 0.3) is 28.2 Å². The Balaban J connectivity index is 2.17. The Morgan fingerprint density at radius 2 is 1.40 bits per heavy atom. The minimum Gasteiger partial charge on any atom is -0.268 e. The molecule has 0 unspecified atom stereocenters. The van der Waals surface area contributed by atoms with Gasteiger partial charge in [0.25, 0.3) is 5.56 Å². The summed E-state index contributed by atoms with van der Waals surface area (Å²) in [4.78, 5) is 22.6. The molecule has 0 aliphatic rings. The topological polar surface area (TPSA) is 47.3 Å². The van der Waals surface area contributed by atoms with Gasteiger partial charge in [0.05, 0.1) is 11.3 Å². The van der Waals surface area contributed by atoms with Gasteiger partial charge in [-0.1, -0.05) is 60.7 Å². The summed E-state index contributed by atoms with van der Waals surface area (Å²) in [7, 11) is 0. The number of nitrogens with zero attached hydrogens (tertiary/aromatic N) is 3. The van der Waals surface area contributed by atoms with Gasteiger partial charge < -0.3 is 0 Å². The van der Waals surface area contributed by atoms with E-state index in [2.05, 4.69) is 4.98 Å². The van der Waals surface area contributed by atoms with Gasteiger partial charge in [0.15, 0.2) is 0 Å². The van der Waals surface area contributed by atoms with Crippen LogP contribution in [0.15, 0.2) is 71.5 Å². The summed E-state index contributed by atoms with van der Waals surface area (Å²) in [6, 6.07) is 21.3. The lowest BCUT2D eigenvalue weighted by Crippen LogP contribution is -2.21. The van der Waals surface area contributed by atoms with Gasteiger partial charge in [0.1, 0.15) is 0 Å². The molecule has 2 heterocycles. The third-order valence-corrected chi connectivity index (χ3v) is 4.22. The van der Waals surface area contributed by atoms with Crippen molar-refractivity contribution in [1.29, 1.82) is 0 Å². The second-order valence-electron chi connectivity index (χ2n) is 6.05. The summed E-state index contributed by atoms with van der Waals surface area (Å²) in [5.41, 5.74) is 4.59. The highest BCUT2D eigenvalue weighted by Gasteiger charge is 2.17. The first-order chi connectivity index (χ1) is 12.1. The molecule has 0 atom stereocenters. The minimum atomic E-state index is -0.0972. The Labute approximate surface area is 145 Å². The summed E-state index contributed by atoms with van der Waals surface area (Å²) in [6.07, 6.45) is 0. The minimum absolute atomic E-state index is 0.0972. The van der Waals surface area contributed by atoms with Crippen LogP contribution in [0.2, 0.25) is 0 Å². The maximum atomic E-state index is 13.3. The molecule has 122 valence electrons. The molecular formula is C21H17N3O. The van der Waals surface area contributed by atoms with Gasteiger partial charge in [-0.25, -0.2) is 14.4 Å². The summed E-state index contributed by atoms with van der Waals surface area (Å²) in [6.45, 7) is 3.81. The van der Waals surface area contributed by atoms with E-state index in [1.54, 1.807) is 4.40 Å². The average Bonchev–Trinajstić information content (AvgIpc) is 2.62. The summed E-state index contributed by atoms with van der Waals surface area (Å²) < 4.78 is 1.59. The summed E-state index contributed by atoms with van der Waals surface area (Å²) in [5.74, 6) is 0.432. The second kappa shape index (κ2) is 5.98. The highest BCUT2D eigenvalue weighted by Crippen LogP contribution is 2.28. The maximum absolute atomic E-state index is 13.3. The lowest BCUT2D eigenvalue weighted by atomic mass is 10.0. The number of benzene rings is 2. The Morgan fingerprint density at radius 3 is 2.04 bits per heavy atom. The van der Waals surface area contributed by atoms with Crippen LogP contribution in [0.1, 0.15) is 11.4 Å². The van der Waals surface area contributed by atoms with Gasteiger partial charge >= 0.3 is 0 Å². The van der Waals surface area contributed by atoms with Crippen LogP contribution in [-0.4, -0.2) is 14.4 Å². The lowest BCUT2D eigenvalue weighted by Gasteiger charge is -2.13. The molecule has 4 nitrogen and oxygen atoms in total. The first-order valence-corrected chi connectivity index (χ1v) is 8.17. The zero-order valence-corrected chi connectivity index (χ0v) is 14.1. The van der Waals surface area contributed by atoms with E-state index in [0.29, 0.717) is 17.0 Å². The Morgan fingerprint density at radius 1 is 0.800 bits per heavy atom. The molecule has 4 aromatic rings. The molecule has 0 spiro atoms. The molecule has 2 aromatic heterocycles. The van der Waals surface area contributed by atoms with Gasteiger partial charge in [-0.3, -0.25) is 4.79 Å². The largest absolute Gasteiger partial charge is 0.268 e. The van der Waals surface area contributed by atoms with Gasteiger partial charge in [0, 0.05) is 17.0 Å². The molecule has 0 radical (unpaired) electrons. The van der Waals surface area contributed by atoms with Gasteiger partial charge in [-0.2, -0.15) is 0 Å². The summed E-state index contributed by atoms with van der Waals surface area (Å²) in [5, 5.41) is 0. The molecule has 0 aliphatic heterocycles. The van der Waals surface area contributed by atoms with Crippen molar-refractivity contribution in [2.75, 3.05) is 0 Å². The van der Waals surface area contributed by atoms with Crippen molar-refractivity contribution >= 4 is 5.78 Å². The standard InChI is InChI=1S/C21H17N3O/c1-14-13-15(2)24-20(25)18(16-9-5-3-6-10-16)19(23-21(24)22-14)17-11-7-4-8-12-17/h3-13H,1-2H3. The third-order valence-electron chi connectivity index (χ3n) is 4.22. The first-order valence-electron chi connectivity index (χ1n) is 8.17. The number of aryl methyl sites for hydroxylation is 2. The van der Waals surface area contributed by atoms with Crippen LogP contribution >= 0.6 is 0 Å². The number of hydrogen-bond acceptors (Lipinski definition) is 3. The van der Waals surface area contributed by atoms with E-state index in [1.807, 2.05) is 80.6 Å². The fourth-order valence-corrected chi connectivity index (χ4v) is 3.13. The zero-order chi connectivity index (χ0) is 17.4. The fraction of sp³-hybridized carbons (Fsp3) is 0.0952. The van der Waals surface area contributed by atoms with Crippen LogP contribution in [0, 0.1) is 13.8 Å². The van der Waals surface area contributed by atoms with Crippen molar-refractivity contribution in [3.8, 4) is 22.4 Å². The molecule has 2 aromatic carbocycles. The molecule has 25 heavy (non-hydrogen) atoms. The molecule has 0 saturated carbocycles. The predicted octanol–water partition coefficient (Wildman–Crippen LogP) is 4.04. The lowest BCUT2D eigenvalue weighted by molar-refractivity contribution is 0.939. The van der Waals surface area contributed by atoms with E-state index < -0.39 is 0 Å². The number of fused-ring (bicyclic) bond motifs is 1. The highest BCUT2D eigenvalue weighted by atomic mass is 16.1. The number of aromatic nitrogens is 3. The monoisotopic (exact) mass is 327 g/mol. The van der Waals surface area contributed by atoms with Gasteiger partial charge in [0.2, 0.25) is 5.78 Å². The van der Waals surface area contributed by atoms with Crippen LogP contribution in [-0.2, 0) is 0 Å². The first kappa shape index (κ1) is 15.3. The van der Waals surface area contributed by atoms with Crippen molar-refractivity contribution in [2.24, 2.45) is 0 Å². The van der Waals surface area contributed by atoms with Crippen molar-refractivity contribution in [1.82, 2.24) is 14.4 Å². The molecule has 0 aliphatic carbocycles. The molecule has 0 fully saturated rings. The van der Waals surface area contributed by atoms with Crippen LogP contribution < -0.4 is 5.56 Å². The average molecular weight is 327 g/mol. The van der Waals surface area contributed by atoms with Crippen LogP contribution in [0.5, 0.6) is 0 Å². The van der Waals surface area contributed by atoms with Gasteiger partial charge in [-0.05, 0) is 25.5 Å². The van der Waals surface area contributed by atoms with Crippen molar-refractivity contribution in [3.63, 3.8) is 0 Å². The van der Waals surface area contributed by atoms with Crippen LogP contribution in [0.3, 0.4) is 0 Å². The van der Waals surface area contributed by atoms with E-state index >= 15 is 0 Å².